The smallest absolute Gasteiger partial charge is 0.261 e. The number of carbonyl (C=O) groups excluding carboxylic acids is 2. The van der Waals surface area contributed by atoms with Crippen molar-refractivity contribution in [3.63, 3.8) is 0 Å². The summed E-state index contributed by atoms with van der Waals surface area (Å²) in [6.45, 7) is 6.14. The van der Waals surface area contributed by atoms with Gasteiger partial charge in [-0.05, 0) is 62.4 Å². The fraction of sp³-hybridized carbons (Fsp3) is 0.481. The number of carbonyl (C=O) groups is 2. The Labute approximate surface area is 197 Å². The summed E-state index contributed by atoms with van der Waals surface area (Å²) >= 11 is 0. The summed E-state index contributed by atoms with van der Waals surface area (Å²) in [5, 5.41) is 3.16. The molecule has 1 aliphatic carbocycles. The van der Waals surface area contributed by atoms with Crippen LogP contribution in [0.15, 0.2) is 42.5 Å². The normalized spacial score (nSPS) is 14.5. The summed E-state index contributed by atoms with van der Waals surface area (Å²) in [5.74, 6) is 1.14. The van der Waals surface area contributed by atoms with E-state index < -0.39 is 6.04 Å². The van der Waals surface area contributed by atoms with Gasteiger partial charge in [0.2, 0.25) is 5.91 Å². The first-order chi connectivity index (χ1) is 15.9. The van der Waals surface area contributed by atoms with Crippen LogP contribution < -0.4 is 14.8 Å². The monoisotopic (exact) mass is 452 g/mol. The second kappa shape index (κ2) is 11.7. The first kappa shape index (κ1) is 24.6. The molecule has 1 atom stereocenters. The highest BCUT2D eigenvalue weighted by Gasteiger charge is 2.31. The number of hydrogen-bond acceptors (Lipinski definition) is 4. The lowest BCUT2D eigenvalue weighted by molar-refractivity contribution is -0.143. The molecule has 2 aromatic carbocycles. The second-order valence-corrected chi connectivity index (χ2v) is 8.84. The quantitative estimate of drug-likeness (QED) is 0.574. The van der Waals surface area contributed by atoms with Crippen molar-refractivity contribution in [2.24, 2.45) is 0 Å². The van der Waals surface area contributed by atoms with Crippen molar-refractivity contribution in [3.05, 3.63) is 59.2 Å². The zero-order chi connectivity index (χ0) is 23.8. The highest BCUT2D eigenvalue weighted by atomic mass is 16.5. The van der Waals surface area contributed by atoms with E-state index in [1.54, 1.807) is 12.0 Å². The van der Waals surface area contributed by atoms with Gasteiger partial charge in [-0.15, -0.1) is 0 Å². The zero-order valence-electron chi connectivity index (χ0n) is 20.2. The van der Waals surface area contributed by atoms with Crippen molar-refractivity contribution in [1.82, 2.24) is 10.2 Å². The zero-order valence-corrected chi connectivity index (χ0v) is 20.2. The number of nitrogens with zero attached hydrogens (tertiary/aromatic N) is 1. The number of ether oxygens (including phenoxy) is 2. The Balaban J connectivity index is 1.77. The molecular weight excluding hydrogens is 416 g/mol. The largest absolute Gasteiger partial charge is 0.497 e. The highest BCUT2D eigenvalue weighted by molar-refractivity contribution is 5.88. The molecule has 0 unspecified atom stereocenters. The number of amides is 2. The summed E-state index contributed by atoms with van der Waals surface area (Å²) in [7, 11) is 1.62. The number of hydrogen-bond donors (Lipinski definition) is 1. The maximum absolute atomic E-state index is 13.4. The third-order valence-electron chi connectivity index (χ3n) is 6.28. The maximum atomic E-state index is 13.4. The molecular formula is C27H36N2O4. The van der Waals surface area contributed by atoms with Gasteiger partial charge in [-0.25, -0.2) is 0 Å². The van der Waals surface area contributed by atoms with E-state index >= 15 is 0 Å². The van der Waals surface area contributed by atoms with Gasteiger partial charge in [0.05, 0.1) is 7.11 Å². The molecule has 178 valence electrons. The number of nitrogens with one attached hydrogen (secondary N) is 1. The predicted molar refractivity (Wildman–Crippen MR) is 129 cm³/mol. The van der Waals surface area contributed by atoms with Crippen molar-refractivity contribution in [1.29, 1.82) is 0 Å². The molecule has 2 amide bonds. The van der Waals surface area contributed by atoms with Crippen molar-refractivity contribution in [3.8, 4) is 11.5 Å². The van der Waals surface area contributed by atoms with Gasteiger partial charge in [0, 0.05) is 12.6 Å². The molecule has 0 aromatic heterocycles. The van der Waals surface area contributed by atoms with E-state index in [1.807, 2.05) is 63.2 Å². The Kier molecular flexibility index (Phi) is 8.75. The number of aryl methyl sites for hydroxylation is 2. The van der Waals surface area contributed by atoms with Crippen LogP contribution in [0.5, 0.6) is 11.5 Å². The molecule has 1 N–H and O–H groups in total. The van der Waals surface area contributed by atoms with Gasteiger partial charge in [-0.1, -0.05) is 49.6 Å². The van der Waals surface area contributed by atoms with Gasteiger partial charge in [-0.3, -0.25) is 9.59 Å². The van der Waals surface area contributed by atoms with Crippen molar-refractivity contribution >= 4 is 11.8 Å². The number of benzene rings is 2. The molecule has 3 rings (SSSR count). The third-order valence-corrected chi connectivity index (χ3v) is 6.28. The van der Waals surface area contributed by atoms with Gasteiger partial charge >= 0.3 is 0 Å². The topological polar surface area (TPSA) is 67.9 Å². The molecule has 1 saturated carbocycles. The van der Waals surface area contributed by atoms with Crippen LogP contribution in [-0.4, -0.2) is 42.5 Å². The Bertz CT molecular complexity index is 936. The minimum absolute atomic E-state index is 0.0854. The molecule has 0 heterocycles. The Morgan fingerprint density at radius 1 is 1.09 bits per heavy atom. The lowest BCUT2D eigenvalue weighted by Crippen LogP contribution is -2.52. The van der Waals surface area contributed by atoms with Gasteiger partial charge in [0.1, 0.15) is 17.5 Å². The molecule has 0 bridgehead atoms. The average Bonchev–Trinajstić information content (AvgIpc) is 3.31. The summed E-state index contributed by atoms with van der Waals surface area (Å²) in [4.78, 5) is 28.2. The van der Waals surface area contributed by atoms with Gasteiger partial charge in [0.25, 0.3) is 5.91 Å². The fourth-order valence-corrected chi connectivity index (χ4v) is 4.40. The molecule has 1 aliphatic rings. The minimum atomic E-state index is -0.553. The van der Waals surface area contributed by atoms with E-state index in [0.717, 1.165) is 48.1 Å². The van der Waals surface area contributed by atoms with Crippen molar-refractivity contribution < 1.29 is 19.1 Å². The lowest BCUT2D eigenvalue weighted by atomic mass is 10.1. The predicted octanol–water partition coefficient (Wildman–Crippen LogP) is 4.56. The molecule has 0 radical (unpaired) electrons. The van der Waals surface area contributed by atoms with Crippen LogP contribution in [0, 0.1) is 13.8 Å². The molecule has 0 saturated heterocycles. The van der Waals surface area contributed by atoms with Gasteiger partial charge < -0.3 is 19.7 Å². The number of methoxy groups -OCH3 is 1. The third kappa shape index (κ3) is 6.73. The van der Waals surface area contributed by atoms with Crippen LogP contribution in [-0.2, 0) is 16.1 Å². The van der Waals surface area contributed by atoms with Crippen LogP contribution in [0.3, 0.4) is 0 Å². The second-order valence-electron chi connectivity index (χ2n) is 8.84. The van der Waals surface area contributed by atoms with Crippen LogP contribution >= 0.6 is 0 Å². The lowest BCUT2D eigenvalue weighted by Gasteiger charge is -2.31. The molecule has 6 heteroatoms. The SMILES string of the molecule is CC[C@@H](C(=O)NC1CCCC1)N(Cc1ccc(OC)cc1)C(=O)COc1ccc(C)cc1C. The Hall–Kier alpha value is -3.02. The Morgan fingerprint density at radius 3 is 2.39 bits per heavy atom. The number of rotatable bonds is 10. The van der Waals surface area contributed by atoms with E-state index in [0.29, 0.717) is 18.7 Å². The van der Waals surface area contributed by atoms with E-state index in [1.165, 1.54) is 0 Å². The van der Waals surface area contributed by atoms with E-state index in [9.17, 15) is 9.59 Å². The molecule has 1 fully saturated rings. The Morgan fingerprint density at radius 2 is 1.79 bits per heavy atom. The molecule has 2 aromatic rings. The van der Waals surface area contributed by atoms with Crippen LogP contribution in [0.2, 0.25) is 0 Å². The summed E-state index contributed by atoms with van der Waals surface area (Å²) < 4.78 is 11.1. The molecule has 6 nitrogen and oxygen atoms in total. The van der Waals surface area contributed by atoms with E-state index in [2.05, 4.69) is 5.32 Å². The van der Waals surface area contributed by atoms with Crippen LogP contribution in [0.4, 0.5) is 0 Å². The molecule has 33 heavy (non-hydrogen) atoms. The minimum Gasteiger partial charge on any atom is -0.497 e. The van der Waals surface area contributed by atoms with Crippen molar-refractivity contribution in [2.75, 3.05) is 13.7 Å². The van der Waals surface area contributed by atoms with Crippen LogP contribution in [0.1, 0.15) is 55.7 Å². The molecule has 0 spiro atoms. The van der Waals surface area contributed by atoms with Crippen molar-refractivity contribution in [2.45, 2.75) is 71.5 Å². The summed E-state index contributed by atoms with van der Waals surface area (Å²) in [5.41, 5.74) is 3.06. The van der Waals surface area contributed by atoms with Crippen LogP contribution in [0.25, 0.3) is 0 Å². The first-order valence-electron chi connectivity index (χ1n) is 11.8. The van der Waals surface area contributed by atoms with E-state index in [4.69, 9.17) is 9.47 Å². The van der Waals surface area contributed by atoms with Gasteiger partial charge in [-0.2, -0.15) is 0 Å². The maximum Gasteiger partial charge on any atom is 0.261 e. The summed E-state index contributed by atoms with van der Waals surface area (Å²) in [6, 6.07) is 13.1. The van der Waals surface area contributed by atoms with E-state index in [-0.39, 0.29) is 24.5 Å². The average molecular weight is 453 g/mol. The highest BCUT2D eigenvalue weighted by Crippen LogP contribution is 2.21. The standard InChI is InChI=1S/C27H36N2O4/c1-5-24(27(31)28-22-8-6-7-9-22)29(17-21-11-13-23(32-4)14-12-21)26(30)18-33-25-15-10-19(2)16-20(25)3/h10-16,22,24H,5-9,17-18H2,1-4H3,(H,28,31)/t24-/m0/s1. The molecule has 0 aliphatic heterocycles. The summed E-state index contributed by atoms with van der Waals surface area (Å²) in [6.07, 6.45) is 4.82. The van der Waals surface area contributed by atoms with Gasteiger partial charge in [0.15, 0.2) is 6.61 Å². The fourth-order valence-electron chi connectivity index (χ4n) is 4.40. The first-order valence-corrected chi connectivity index (χ1v) is 11.8.